The Balaban J connectivity index is 1.63. The normalized spacial score (nSPS) is 17.3. The second-order valence-electron chi connectivity index (χ2n) is 19.2. The first-order valence-corrected chi connectivity index (χ1v) is 27.6. The van der Waals surface area contributed by atoms with Crippen LogP contribution in [0.25, 0.3) is 0 Å². The third kappa shape index (κ3) is 16.8. The standard InChI is InChI=1S/C57H82N5O10P/c1-9-11-13-15-17-22-37-60(38-23-18-16-14-12-10-2)52(64)42-68-54-53(72-73(70-40-24-36-58)62(43(3)4)44(5)6)50(71-55(54)61-39-35-51(63)59-56(61)65)41-69-57(45-25-20-19-21-26-45,46-27-31-48(66-7)32-28-46)47-29-33-49(67-8)34-30-47/h19-21,25-35,39,43-44,50,53-55H,9-18,22-24,37-38,40-42H2,1-8H3,(H,59,63,65)/t50-,53-,54-,55-,73?/m1/s1. The van der Waals surface area contributed by atoms with Crippen molar-refractivity contribution in [1.29, 1.82) is 5.26 Å². The highest BCUT2D eigenvalue weighted by molar-refractivity contribution is 7.44. The number of amides is 1. The van der Waals surface area contributed by atoms with Gasteiger partial charge < -0.3 is 37.6 Å². The molecule has 2 heterocycles. The van der Waals surface area contributed by atoms with Crippen LogP contribution >= 0.6 is 8.53 Å². The number of aromatic nitrogens is 2. The number of carbonyl (C=O) groups excluding carboxylic acids is 1. The summed E-state index contributed by atoms with van der Waals surface area (Å²) in [6, 6.07) is 28.6. The number of nitrogens with zero attached hydrogens (tertiary/aromatic N) is 4. The Hall–Kier alpha value is -4.91. The molecule has 0 aliphatic carbocycles. The van der Waals surface area contributed by atoms with Crippen LogP contribution in [0.2, 0.25) is 0 Å². The fraction of sp³-hybridized carbons (Fsp3) is 0.579. The van der Waals surface area contributed by atoms with Crippen molar-refractivity contribution in [1.82, 2.24) is 19.1 Å². The van der Waals surface area contributed by atoms with Crippen LogP contribution in [0.3, 0.4) is 0 Å². The molecule has 0 radical (unpaired) electrons. The summed E-state index contributed by atoms with van der Waals surface area (Å²) in [6.45, 7) is 13.5. The molecule has 400 valence electrons. The van der Waals surface area contributed by atoms with Crippen molar-refractivity contribution >= 4 is 14.4 Å². The van der Waals surface area contributed by atoms with Crippen LogP contribution in [0, 0.1) is 11.3 Å². The van der Waals surface area contributed by atoms with Crippen LogP contribution < -0.4 is 20.7 Å². The largest absolute Gasteiger partial charge is 0.497 e. The molecule has 73 heavy (non-hydrogen) atoms. The van der Waals surface area contributed by atoms with Gasteiger partial charge in [-0.15, -0.1) is 0 Å². The van der Waals surface area contributed by atoms with Gasteiger partial charge in [-0.3, -0.25) is 19.1 Å². The van der Waals surface area contributed by atoms with Crippen molar-refractivity contribution in [2.75, 3.05) is 47.1 Å². The SMILES string of the molecule is CCCCCCCCN(CCCCCCCC)C(=O)CO[C@@H]1[C@H](OP(OCCC#N)N(C(C)C)C(C)C)[C@@H](COC(c2ccccc2)(c2ccc(OC)cc2)c2ccc(OC)cc2)O[C@H]1n1ccc(=O)[nH]c1=O. The van der Waals surface area contributed by atoms with E-state index < -0.39 is 49.9 Å². The highest BCUT2D eigenvalue weighted by atomic mass is 31.2. The summed E-state index contributed by atoms with van der Waals surface area (Å²) in [5.74, 6) is 1.16. The summed E-state index contributed by atoms with van der Waals surface area (Å²) < 4.78 is 49.6. The van der Waals surface area contributed by atoms with Gasteiger partial charge in [0, 0.05) is 37.4 Å². The van der Waals surface area contributed by atoms with E-state index in [1.54, 1.807) is 14.2 Å². The van der Waals surface area contributed by atoms with E-state index in [2.05, 4.69) is 29.6 Å². The van der Waals surface area contributed by atoms with E-state index in [9.17, 15) is 19.6 Å². The van der Waals surface area contributed by atoms with E-state index >= 15 is 0 Å². The van der Waals surface area contributed by atoms with Crippen molar-refractivity contribution < 1.29 is 37.5 Å². The van der Waals surface area contributed by atoms with Gasteiger partial charge in [0.1, 0.15) is 42.0 Å². The number of aromatic amines is 1. The van der Waals surface area contributed by atoms with Gasteiger partial charge in [0.05, 0.1) is 39.9 Å². The van der Waals surface area contributed by atoms with Gasteiger partial charge in [-0.2, -0.15) is 5.26 Å². The Kier molecular flexibility index (Phi) is 25.1. The minimum absolute atomic E-state index is 0.0582. The quantitative estimate of drug-likeness (QED) is 0.0268. The molecule has 1 aliphatic rings. The molecular weight excluding hydrogens is 946 g/mol. The molecule has 3 aromatic carbocycles. The van der Waals surface area contributed by atoms with Crippen molar-refractivity contribution in [3.8, 4) is 17.6 Å². The number of H-pyrrole nitrogens is 1. The summed E-state index contributed by atoms with van der Waals surface area (Å²) in [5.41, 5.74) is -0.178. The topological polar surface area (TPSA) is 167 Å². The minimum Gasteiger partial charge on any atom is -0.497 e. The Labute approximate surface area is 435 Å². The zero-order chi connectivity index (χ0) is 52.6. The number of hydrogen-bond donors (Lipinski definition) is 1. The maximum atomic E-state index is 14.6. The summed E-state index contributed by atoms with van der Waals surface area (Å²) in [6.07, 6.45) is 10.3. The lowest BCUT2D eigenvalue weighted by molar-refractivity contribution is -0.143. The lowest BCUT2D eigenvalue weighted by atomic mass is 9.80. The minimum atomic E-state index is -1.93. The lowest BCUT2D eigenvalue weighted by Crippen LogP contribution is -2.45. The van der Waals surface area contributed by atoms with Crippen LogP contribution in [0.5, 0.6) is 11.5 Å². The average molecular weight is 1030 g/mol. The van der Waals surface area contributed by atoms with E-state index in [0.717, 1.165) is 68.1 Å². The van der Waals surface area contributed by atoms with Crippen LogP contribution in [0.4, 0.5) is 0 Å². The number of rotatable bonds is 34. The molecule has 1 unspecified atom stereocenters. The second kappa shape index (κ2) is 31.1. The smallest absolute Gasteiger partial charge is 0.330 e. The molecule has 5 atom stereocenters. The summed E-state index contributed by atoms with van der Waals surface area (Å²) in [4.78, 5) is 45.3. The van der Waals surface area contributed by atoms with E-state index in [-0.39, 0.29) is 44.2 Å². The van der Waals surface area contributed by atoms with Gasteiger partial charge in [-0.1, -0.05) is 133 Å². The molecule has 1 amide bonds. The molecule has 0 spiro atoms. The van der Waals surface area contributed by atoms with E-state index in [0.29, 0.717) is 24.6 Å². The lowest BCUT2D eigenvalue weighted by Gasteiger charge is -2.39. The molecule has 1 saturated heterocycles. The summed E-state index contributed by atoms with van der Waals surface area (Å²) >= 11 is 0. The predicted octanol–water partition coefficient (Wildman–Crippen LogP) is 11.1. The van der Waals surface area contributed by atoms with Crippen molar-refractivity contribution in [2.24, 2.45) is 0 Å². The van der Waals surface area contributed by atoms with Crippen molar-refractivity contribution in [3.05, 3.63) is 129 Å². The number of unbranched alkanes of at least 4 members (excludes halogenated alkanes) is 10. The Morgan fingerprint density at radius 2 is 1.29 bits per heavy atom. The molecule has 4 aromatic rings. The number of benzene rings is 3. The first-order chi connectivity index (χ1) is 35.4. The van der Waals surface area contributed by atoms with Crippen molar-refractivity contribution in [2.45, 2.75) is 167 Å². The summed E-state index contributed by atoms with van der Waals surface area (Å²) in [5, 5.41) is 9.63. The van der Waals surface area contributed by atoms with E-state index in [1.807, 2.05) is 111 Å². The molecule has 16 heteroatoms. The van der Waals surface area contributed by atoms with E-state index in [4.69, 9.17) is 32.7 Å². The third-order valence-corrected chi connectivity index (χ3v) is 15.4. The van der Waals surface area contributed by atoms with Gasteiger partial charge in [0.25, 0.3) is 14.1 Å². The maximum absolute atomic E-state index is 14.6. The van der Waals surface area contributed by atoms with E-state index in [1.165, 1.54) is 42.5 Å². The van der Waals surface area contributed by atoms with Crippen LogP contribution in [-0.2, 0) is 33.7 Å². The second-order valence-corrected chi connectivity index (χ2v) is 20.6. The number of carbonyl (C=O) groups is 1. The molecule has 1 aromatic heterocycles. The molecule has 0 saturated carbocycles. The maximum Gasteiger partial charge on any atom is 0.330 e. The first-order valence-electron chi connectivity index (χ1n) is 26.5. The summed E-state index contributed by atoms with van der Waals surface area (Å²) in [7, 11) is 1.31. The zero-order valence-electron chi connectivity index (χ0n) is 44.7. The van der Waals surface area contributed by atoms with Crippen LogP contribution in [0.1, 0.15) is 148 Å². The van der Waals surface area contributed by atoms with Crippen LogP contribution in [0.15, 0.2) is 101 Å². The first kappa shape index (κ1) is 59.0. The fourth-order valence-electron chi connectivity index (χ4n) is 9.46. The molecule has 1 fully saturated rings. The monoisotopic (exact) mass is 1030 g/mol. The van der Waals surface area contributed by atoms with Gasteiger partial charge >= 0.3 is 5.69 Å². The number of nitriles is 1. The molecule has 5 rings (SSSR count). The molecule has 15 nitrogen and oxygen atoms in total. The number of hydrogen-bond acceptors (Lipinski definition) is 12. The fourth-order valence-corrected chi connectivity index (χ4v) is 11.2. The Morgan fingerprint density at radius 3 is 1.79 bits per heavy atom. The highest BCUT2D eigenvalue weighted by Gasteiger charge is 2.52. The number of nitrogens with one attached hydrogen (secondary N) is 1. The Morgan fingerprint density at radius 1 is 0.753 bits per heavy atom. The van der Waals surface area contributed by atoms with Gasteiger partial charge in [0.15, 0.2) is 6.23 Å². The third-order valence-electron chi connectivity index (χ3n) is 13.2. The molecule has 1 N–H and O–H groups in total. The Bertz CT molecular complexity index is 2290. The van der Waals surface area contributed by atoms with Crippen molar-refractivity contribution in [3.63, 3.8) is 0 Å². The number of methoxy groups -OCH3 is 2. The highest BCUT2D eigenvalue weighted by Crippen LogP contribution is 2.51. The molecular formula is C57H82N5O10P. The average Bonchev–Trinajstić information content (AvgIpc) is 3.73. The molecule has 1 aliphatic heterocycles. The molecule has 0 bridgehead atoms. The zero-order valence-corrected chi connectivity index (χ0v) is 45.6. The van der Waals surface area contributed by atoms with Gasteiger partial charge in [0.2, 0.25) is 5.91 Å². The van der Waals surface area contributed by atoms with Gasteiger partial charge in [-0.05, 0) is 81.5 Å². The van der Waals surface area contributed by atoms with Gasteiger partial charge in [-0.25, -0.2) is 9.46 Å². The predicted molar refractivity (Wildman–Crippen MR) is 287 cm³/mol. The van der Waals surface area contributed by atoms with Crippen LogP contribution in [-0.4, -0.2) is 103 Å². The number of ether oxygens (including phenoxy) is 5.